The van der Waals surface area contributed by atoms with Crippen LogP contribution in [0.4, 0.5) is 0 Å². The highest BCUT2D eigenvalue weighted by Gasteiger charge is 2.14. The number of aromatic nitrogens is 4. The Morgan fingerprint density at radius 3 is 1.21 bits per heavy atom. The van der Waals surface area contributed by atoms with E-state index in [9.17, 15) is 0 Å². The van der Waals surface area contributed by atoms with Crippen molar-refractivity contribution in [1.82, 2.24) is 19.9 Å². The van der Waals surface area contributed by atoms with Crippen molar-refractivity contribution < 1.29 is 0 Å². The van der Waals surface area contributed by atoms with E-state index in [4.69, 9.17) is 15.0 Å². The molecule has 0 amide bonds. The average Bonchev–Trinajstić information content (AvgIpc) is 3.09. The zero-order valence-electron chi connectivity index (χ0n) is 23.7. The molecule has 7 rings (SSSR count). The molecule has 0 saturated heterocycles. The highest BCUT2D eigenvalue weighted by Crippen LogP contribution is 2.30. The summed E-state index contributed by atoms with van der Waals surface area (Å²) in [5.41, 5.74) is 10.5. The molecule has 4 heteroatoms. The molecule has 0 N–H and O–H groups in total. The van der Waals surface area contributed by atoms with Gasteiger partial charge in [0.05, 0.1) is 0 Å². The van der Waals surface area contributed by atoms with Gasteiger partial charge in [0, 0.05) is 34.1 Å². The second-order valence-corrected chi connectivity index (χ2v) is 10.5. The highest BCUT2D eigenvalue weighted by molar-refractivity contribution is 5.74. The molecule has 5 aromatic carbocycles. The van der Waals surface area contributed by atoms with E-state index in [-0.39, 0.29) is 0 Å². The fourth-order valence-corrected chi connectivity index (χ4v) is 5.12. The smallest absolute Gasteiger partial charge is 0.164 e. The lowest BCUT2D eigenvalue weighted by Crippen LogP contribution is -2.00. The van der Waals surface area contributed by atoms with Gasteiger partial charge in [0.25, 0.3) is 0 Å². The normalized spacial score (nSPS) is 10.9. The van der Waals surface area contributed by atoms with Gasteiger partial charge in [-0.3, -0.25) is 4.98 Å². The van der Waals surface area contributed by atoms with Crippen molar-refractivity contribution in [3.05, 3.63) is 157 Å². The molecule has 0 bridgehead atoms. The maximum absolute atomic E-state index is 4.98. The predicted molar refractivity (Wildman–Crippen MR) is 175 cm³/mol. The first-order valence-corrected chi connectivity index (χ1v) is 14.3. The minimum Gasteiger partial charge on any atom is -0.261 e. The van der Waals surface area contributed by atoms with Crippen molar-refractivity contribution >= 4 is 0 Å². The van der Waals surface area contributed by atoms with Crippen LogP contribution in [0.15, 0.2) is 152 Å². The molecule has 0 unspecified atom stereocenters. The molecular weight excluding hydrogens is 524 g/mol. The first-order chi connectivity index (χ1) is 21.2. The first kappa shape index (κ1) is 26.2. The van der Waals surface area contributed by atoms with Crippen molar-refractivity contribution in [2.75, 3.05) is 0 Å². The monoisotopic (exact) mass is 552 g/mol. The van der Waals surface area contributed by atoms with Gasteiger partial charge in [-0.25, -0.2) is 15.0 Å². The maximum Gasteiger partial charge on any atom is 0.164 e. The minimum atomic E-state index is 0.626. The molecule has 2 aromatic heterocycles. The van der Waals surface area contributed by atoms with Crippen LogP contribution in [0.5, 0.6) is 0 Å². The third-order valence-corrected chi connectivity index (χ3v) is 7.50. The van der Waals surface area contributed by atoms with Crippen LogP contribution in [-0.2, 0) is 0 Å². The second kappa shape index (κ2) is 11.6. The van der Waals surface area contributed by atoms with E-state index in [1.165, 1.54) is 11.1 Å². The van der Waals surface area contributed by atoms with E-state index in [0.29, 0.717) is 17.5 Å². The number of aryl methyl sites for hydroxylation is 1. The number of pyridine rings is 1. The number of nitrogens with zero attached hydrogens (tertiary/aromatic N) is 4. The van der Waals surface area contributed by atoms with Crippen molar-refractivity contribution in [3.63, 3.8) is 0 Å². The molecule has 0 radical (unpaired) electrons. The second-order valence-electron chi connectivity index (χ2n) is 10.5. The van der Waals surface area contributed by atoms with Crippen LogP contribution in [0.1, 0.15) is 5.69 Å². The van der Waals surface area contributed by atoms with Gasteiger partial charge in [-0.2, -0.15) is 0 Å². The lowest BCUT2D eigenvalue weighted by Gasteiger charge is -2.11. The summed E-state index contributed by atoms with van der Waals surface area (Å²) in [5.74, 6) is 1.89. The molecule has 4 nitrogen and oxygen atoms in total. The Labute approximate surface area is 251 Å². The molecule has 43 heavy (non-hydrogen) atoms. The van der Waals surface area contributed by atoms with Crippen molar-refractivity contribution in [2.24, 2.45) is 0 Å². The summed E-state index contributed by atoms with van der Waals surface area (Å²) in [6, 6.07) is 49.9. The predicted octanol–water partition coefficient (Wildman–Crippen LogP) is 9.58. The molecule has 0 aliphatic carbocycles. The van der Waals surface area contributed by atoms with Crippen molar-refractivity contribution in [2.45, 2.75) is 6.92 Å². The Morgan fingerprint density at radius 1 is 0.326 bits per heavy atom. The van der Waals surface area contributed by atoms with Crippen LogP contribution in [0.2, 0.25) is 0 Å². The molecule has 0 saturated carbocycles. The van der Waals surface area contributed by atoms with E-state index in [0.717, 1.165) is 44.6 Å². The van der Waals surface area contributed by atoms with Crippen LogP contribution >= 0.6 is 0 Å². The maximum atomic E-state index is 4.98. The lowest BCUT2D eigenvalue weighted by atomic mass is 10.0. The minimum absolute atomic E-state index is 0.626. The van der Waals surface area contributed by atoms with Crippen LogP contribution in [0.3, 0.4) is 0 Å². The number of hydrogen-bond donors (Lipinski definition) is 0. The third kappa shape index (κ3) is 5.72. The van der Waals surface area contributed by atoms with Gasteiger partial charge in [0.2, 0.25) is 0 Å². The Kier molecular flexibility index (Phi) is 7.08. The van der Waals surface area contributed by atoms with Crippen LogP contribution in [0, 0.1) is 6.92 Å². The third-order valence-electron chi connectivity index (χ3n) is 7.50. The van der Waals surface area contributed by atoms with E-state index in [2.05, 4.69) is 120 Å². The van der Waals surface area contributed by atoms with E-state index >= 15 is 0 Å². The summed E-state index contributed by atoms with van der Waals surface area (Å²) in [7, 11) is 0. The molecule has 7 aromatic rings. The zero-order valence-corrected chi connectivity index (χ0v) is 23.7. The van der Waals surface area contributed by atoms with Gasteiger partial charge in [0.1, 0.15) is 0 Å². The summed E-state index contributed by atoms with van der Waals surface area (Å²) in [4.78, 5) is 19.4. The van der Waals surface area contributed by atoms with Crippen LogP contribution in [-0.4, -0.2) is 19.9 Å². The largest absolute Gasteiger partial charge is 0.261 e. The van der Waals surface area contributed by atoms with Crippen molar-refractivity contribution in [1.29, 1.82) is 0 Å². The summed E-state index contributed by atoms with van der Waals surface area (Å²) >= 11 is 0. The summed E-state index contributed by atoms with van der Waals surface area (Å²) in [5, 5.41) is 0. The molecule has 0 atom stereocenters. The summed E-state index contributed by atoms with van der Waals surface area (Å²) in [6.07, 6.45) is 1.90. The average molecular weight is 553 g/mol. The standard InChI is InChI=1S/C39H28N4/c1-27-15-16-36(26-40-27)34-13-8-14-35(25-34)39-42-37(32-21-17-30(18-22-32)28-9-4-2-5-10-28)41-38(43-39)33-23-19-31(20-24-33)29-11-6-3-7-12-29/h2-26H,1H3. The Bertz CT molecular complexity index is 1880. The quantitative estimate of drug-likeness (QED) is 0.206. The number of hydrogen-bond acceptors (Lipinski definition) is 4. The zero-order chi connectivity index (χ0) is 29.0. The van der Waals surface area contributed by atoms with E-state index < -0.39 is 0 Å². The molecule has 0 spiro atoms. The van der Waals surface area contributed by atoms with Gasteiger partial charge in [-0.1, -0.05) is 133 Å². The summed E-state index contributed by atoms with van der Waals surface area (Å²) < 4.78 is 0. The van der Waals surface area contributed by atoms with E-state index in [1.807, 2.05) is 43.5 Å². The number of rotatable bonds is 6. The van der Waals surface area contributed by atoms with Gasteiger partial charge >= 0.3 is 0 Å². The van der Waals surface area contributed by atoms with Gasteiger partial charge in [-0.15, -0.1) is 0 Å². The first-order valence-electron chi connectivity index (χ1n) is 14.3. The molecule has 204 valence electrons. The Morgan fingerprint density at radius 2 is 0.721 bits per heavy atom. The van der Waals surface area contributed by atoms with Gasteiger partial charge < -0.3 is 0 Å². The molecule has 0 aliphatic rings. The molecule has 2 heterocycles. The molecule has 0 fully saturated rings. The number of benzene rings is 5. The van der Waals surface area contributed by atoms with Gasteiger partial charge in [0.15, 0.2) is 17.5 Å². The molecule has 0 aliphatic heterocycles. The van der Waals surface area contributed by atoms with Crippen molar-refractivity contribution in [3.8, 4) is 67.5 Å². The molecular formula is C39H28N4. The van der Waals surface area contributed by atoms with Gasteiger partial charge in [-0.05, 0) is 46.9 Å². The highest BCUT2D eigenvalue weighted by atomic mass is 15.0. The van der Waals surface area contributed by atoms with Crippen LogP contribution in [0.25, 0.3) is 67.5 Å². The van der Waals surface area contributed by atoms with Crippen LogP contribution < -0.4 is 0 Å². The fourth-order valence-electron chi connectivity index (χ4n) is 5.12. The lowest BCUT2D eigenvalue weighted by molar-refractivity contribution is 1.07. The summed E-state index contributed by atoms with van der Waals surface area (Å²) in [6.45, 7) is 1.99. The Hall–Kier alpha value is -5.74. The Balaban J connectivity index is 1.31. The fraction of sp³-hybridized carbons (Fsp3) is 0.0256. The van der Waals surface area contributed by atoms with E-state index in [1.54, 1.807) is 0 Å². The SMILES string of the molecule is Cc1ccc(-c2cccc(-c3nc(-c4ccc(-c5ccccc5)cc4)nc(-c4ccc(-c5ccccc5)cc4)n3)c2)cn1. The topological polar surface area (TPSA) is 51.6 Å².